The molecule has 2 rings (SSSR count). The van der Waals surface area contributed by atoms with Crippen LogP contribution in [0.1, 0.15) is 24.5 Å². The Labute approximate surface area is 89.5 Å². The molecular weight excluding hydrogens is 192 g/mol. The van der Waals surface area contributed by atoms with Gasteiger partial charge < -0.3 is 5.11 Å². The highest BCUT2D eigenvalue weighted by Gasteiger charge is 2.34. The third-order valence-corrected chi connectivity index (χ3v) is 4.07. The molecule has 1 N–H and O–H groups in total. The van der Waals surface area contributed by atoms with Gasteiger partial charge in [0.05, 0.1) is 5.60 Å². The molecule has 76 valence electrons. The van der Waals surface area contributed by atoms with Gasteiger partial charge in [0.2, 0.25) is 0 Å². The van der Waals surface area contributed by atoms with Gasteiger partial charge in [-0.05, 0) is 29.7 Å². The molecule has 14 heavy (non-hydrogen) atoms. The minimum absolute atomic E-state index is 0.558. The predicted octanol–water partition coefficient (Wildman–Crippen LogP) is 2.57. The maximum absolute atomic E-state index is 10.5. The normalized spacial score (nSPS) is 26.7. The van der Waals surface area contributed by atoms with Gasteiger partial charge in [0.1, 0.15) is 0 Å². The molecule has 1 nitrogen and oxygen atoms in total. The lowest BCUT2D eigenvalue weighted by molar-refractivity contribution is 0.0649. The second-order valence-electron chi connectivity index (χ2n) is 3.84. The van der Waals surface area contributed by atoms with E-state index >= 15 is 0 Å². The van der Waals surface area contributed by atoms with Crippen LogP contribution in [0, 0.1) is 0 Å². The lowest BCUT2D eigenvalue weighted by Crippen LogP contribution is -2.26. The Morgan fingerprint density at radius 1 is 1.43 bits per heavy atom. The molecule has 0 saturated carbocycles. The maximum Gasteiger partial charge on any atom is 0.0997 e. The van der Waals surface area contributed by atoms with Crippen LogP contribution in [-0.4, -0.2) is 16.6 Å². The summed E-state index contributed by atoms with van der Waals surface area (Å²) in [6.07, 6.45) is 1.90. The van der Waals surface area contributed by atoms with E-state index in [1.165, 1.54) is 5.56 Å². The first-order valence-electron chi connectivity index (χ1n) is 5.15. The molecule has 1 atom stereocenters. The summed E-state index contributed by atoms with van der Waals surface area (Å²) in [5.41, 5.74) is 1.88. The molecule has 0 spiro atoms. The molecule has 1 saturated heterocycles. The van der Waals surface area contributed by atoms with Crippen molar-refractivity contribution >= 4 is 11.8 Å². The van der Waals surface area contributed by atoms with Gasteiger partial charge in [-0.25, -0.2) is 0 Å². The molecule has 1 aliphatic rings. The highest BCUT2D eigenvalue weighted by Crippen LogP contribution is 2.38. The minimum atomic E-state index is -0.558. The van der Waals surface area contributed by atoms with E-state index in [4.69, 9.17) is 0 Å². The molecule has 0 amide bonds. The van der Waals surface area contributed by atoms with Crippen molar-refractivity contribution in [2.75, 3.05) is 11.5 Å². The Balaban J connectivity index is 2.39. The van der Waals surface area contributed by atoms with Crippen LogP contribution in [0.4, 0.5) is 0 Å². The summed E-state index contributed by atoms with van der Waals surface area (Å²) in [6.45, 7) is 2.14. The van der Waals surface area contributed by atoms with E-state index in [0.29, 0.717) is 0 Å². The van der Waals surface area contributed by atoms with Crippen LogP contribution in [0.3, 0.4) is 0 Å². The summed E-state index contributed by atoms with van der Waals surface area (Å²) >= 11 is 1.85. The number of benzene rings is 1. The average Bonchev–Trinajstić information content (AvgIpc) is 2.66. The molecule has 0 aromatic heterocycles. The highest BCUT2D eigenvalue weighted by molar-refractivity contribution is 7.99. The molecule has 1 aliphatic heterocycles. The maximum atomic E-state index is 10.5. The van der Waals surface area contributed by atoms with Crippen LogP contribution in [-0.2, 0) is 12.0 Å². The average molecular weight is 208 g/mol. The first kappa shape index (κ1) is 10.1. The Bertz CT molecular complexity index is 316. The van der Waals surface area contributed by atoms with Crippen molar-refractivity contribution in [3.8, 4) is 0 Å². The quantitative estimate of drug-likeness (QED) is 0.806. The third-order valence-electron chi connectivity index (χ3n) is 2.90. The van der Waals surface area contributed by atoms with E-state index in [9.17, 15) is 5.11 Å². The largest absolute Gasteiger partial charge is 0.384 e. The topological polar surface area (TPSA) is 20.2 Å². The number of aryl methyl sites for hydroxylation is 1. The van der Waals surface area contributed by atoms with Crippen molar-refractivity contribution in [2.45, 2.75) is 25.4 Å². The molecule has 1 fully saturated rings. The van der Waals surface area contributed by atoms with Crippen molar-refractivity contribution in [1.29, 1.82) is 0 Å². The molecule has 0 radical (unpaired) electrons. The molecular formula is C12H16OS. The fraction of sp³-hybridized carbons (Fsp3) is 0.500. The summed E-state index contributed by atoms with van der Waals surface area (Å²) in [7, 11) is 0. The Kier molecular flexibility index (Phi) is 2.84. The van der Waals surface area contributed by atoms with Crippen LogP contribution in [0.25, 0.3) is 0 Å². The fourth-order valence-corrected chi connectivity index (χ4v) is 3.31. The van der Waals surface area contributed by atoms with Gasteiger partial charge in [-0.2, -0.15) is 11.8 Å². The van der Waals surface area contributed by atoms with Crippen LogP contribution in [0.15, 0.2) is 24.3 Å². The first-order valence-corrected chi connectivity index (χ1v) is 6.30. The van der Waals surface area contributed by atoms with Crippen LogP contribution < -0.4 is 0 Å². The van der Waals surface area contributed by atoms with E-state index in [1.54, 1.807) is 0 Å². The van der Waals surface area contributed by atoms with E-state index < -0.39 is 5.60 Å². The fourth-order valence-electron chi connectivity index (χ4n) is 2.05. The van der Waals surface area contributed by atoms with Gasteiger partial charge >= 0.3 is 0 Å². The van der Waals surface area contributed by atoms with Crippen molar-refractivity contribution in [3.05, 3.63) is 35.4 Å². The lowest BCUT2D eigenvalue weighted by Gasteiger charge is -2.24. The number of thioether (sulfide) groups is 1. The Morgan fingerprint density at radius 3 is 2.86 bits per heavy atom. The van der Waals surface area contributed by atoms with Gasteiger partial charge in [0.15, 0.2) is 0 Å². The van der Waals surface area contributed by atoms with Crippen LogP contribution in [0.5, 0.6) is 0 Å². The number of aliphatic hydroxyl groups is 1. The summed E-state index contributed by atoms with van der Waals surface area (Å²) in [5, 5.41) is 10.5. The summed E-state index contributed by atoms with van der Waals surface area (Å²) < 4.78 is 0. The zero-order valence-electron chi connectivity index (χ0n) is 8.49. The summed E-state index contributed by atoms with van der Waals surface area (Å²) in [6, 6.07) is 8.27. The monoisotopic (exact) mass is 208 g/mol. The second kappa shape index (κ2) is 3.95. The molecule has 1 aromatic carbocycles. The molecule has 1 unspecified atom stereocenters. The molecule has 1 aromatic rings. The summed E-state index contributed by atoms with van der Waals surface area (Å²) in [5.74, 6) is 1.93. The smallest absolute Gasteiger partial charge is 0.0997 e. The number of hydrogen-bond donors (Lipinski definition) is 1. The molecule has 0 aliphatic carbocycles. The molecule has 2 heteroatoms. The number of rotatable bonds is 2. The second-order valence-corrected chi connectivity index (χ2v) is 4.95. The molecule has 0 bridgehead atoms. The van der Waals surface area contributed by atoms with E-state index in [0.717, 1.165) is 29.9 Å². The van der Waals surface area contributed by atoms with E-state index in [-0.39, 0.29) is 0 Å². The third kappa shape index (κ3) is 1.69. The SMILES string of the molecule is CCc1ccccc1C1(O)CCSC1. The van der Waals surface area contributed by atoms with Crippen molar-refractivity contribution in [2.24, 2.45) is 0 Å². The van der Waals surface area contributed by atoms with Crippen molar-refractivity contribution in [1.82, 2.24) is 0 Å². The first-order chi connectivity index (χ1) is 6.76. The Morgan fingerprint density at radius 2 is 2.21 bits per heavy atom. The number of hydrogen-bond acceptors (Lipinski definition) is 2. The van der Waals surface area contributed by atoms with E-state index in [2.05, 4.69) is 19.1 Å². The van der Waals surface area contributed by atoms with Crippen molar-refractivity contribution in [3.63, 3.8) is 0 Å². The molecule has 1 heterocycles. The van der Waals surface area contributed by atoms with Crippen LogP contribution in [0.2, 0.25) is 0 Å². The summed E-state index contributed by atoms with van der Waals surface area (Å²) in [4.78, 5) is 0. The van der Waals surface area contributed by atoms with Crippen LogP contribution >= 0.6 is 11.8 Å². The highest BCUT2D eigenvalue weighted by atomic mass is 32.2. The minimum Gasteiger partial charge on any atom is -0.384 e. The van der Waals surface area contributed by atoms with Gasteiger partial charge in [-0.15, -0.1) is 0 Å². The zero-order chi connectivity index (χ0) is 10.0. The van der Waals surface area contributed by atoms with Gasteiger partial charge in [-0.3, -0.25) is 0 Å². The Hall–Kier alpha value is -0.470. The standard InChI is InChI=1S/C12H16OS/c1-2-10-5-3-4-6-11(10)12(13)7-8-14-9-12/h3-6,13H,2,7-9H2,1H3. The van der Waals surface area contributed by atoms with E-state index in [1.807, 2.05) is 23.9 Å². The van der Waals surface area contributed by atoms with Gasteiger partial charge in [0.25, 0.3) is 0 Å². The van der Waals surface area contributed by atoms with Gasteiger partial charge in [0, 0.05) is 5.75 Å². The predicted molar refractivity (Wildman–Crippen MR) is 61.7 cm³/mol. The zero-order valence-corrected chi connectivity index (χ0v) is 9.31. The van der Waals surface area contributed by atoms with Crippen molar-refractivity contribution < 1.29 is 5.11 Å². The lowest BCUT2D eigenvalue weighted by atomic mass is 9.88. The van der Waals surface area contributed by atoms with Gasteiger partial charge in [-0.1, -0.05) is 31.2 Å².